The minimum absolute atomic E-state index is 0.191. The van der Waals surface area contributed by atoms with Crippen molar-refractivity contribution in [1.82, 2.24) is 20.5 Å². The van der Waals surface area contributed by atoms with Gasteiger partial charge in [0.1, 0.15) is 11.6 Å². The van der Waals surface area contributed by atoms with E-state index >= 15 is 0 Å². The number of aromatic amines is 1. The number of benzene rings is 1. The van der Waals surface area contributed by atoms with Crippen LogP contribution in [-0.2, 0) is 6.42 Å². The first-order chi connectivity index (χ1) is 10.6. The fourth-order valence-corrected chi connectivity index (χ4v) is 2.02. The number of anilines is 1. The Hall–Kier alpha value is -2.28. The lowest BCUT2D eigenvalue weighted by atomic mass is 10.2. The van der Waals surface area contributed by atoms with Crippen molar-refractivity contribution >= 4 is 23.5 Å². The molecule has 1 aromatic heterocycles. The van der Waals surface area contributed by atoms with Gasteiger partial charge in [0.05, 0.1) is 11.6 Å². The molecule has 4 N–H and O–H groups in total. The number of rotatable bonds is 7. The maximum Gasteiger partial charge on any atom is 0.251 e. The first-order valence-corrected chi connectivity index (χ1v) is 7.35. The van der Waals surface area contributed by atoms with Gasteiger partial charge in [0.2, 0.25) is 5.95 Å². The van der Waals surface area contributed by atoms with Crippen LogP contribution in [0.3, 0.4) is 0 Å². The summed E-state index contributed by atoms with van der Waals surface area (Å²) in [5.41, 5.74) is 5.88. The molecular weight excluding hydrogens is 306 g/mol. The standard InChI is InChI=1S/C14H18ClN5O2/c1-2-7-22-11-4-3-9(8-10(11)15)13(21)17-6-5-12-18-14(16)20-19-12/h3-4,8H,2,5-7H2,1H3,(H,17,21)(H3,16,18,19,20). The van der Waals surface area contributed by atoms with Crippen LogP contribution in [0, 0.1) is 0 Å². The Morgan fingerprint density at radius 2 is 2.32 bits per heavy atom. The number of aromatic nitrogens is 3. The summed E-state index contributed by atoms with van der Waals surface area (Å²) in [7, 11) is 0. The van der Waals surface area contributed by atoms with Crippen molar-refractivity contribution in [3.05, 3.63) is 34.6 Å². The monoisotopic (exact) mass is 323 g/mol. The SMILES string of the molecule is CCCOc1ccc(C(=O)NCCc2nc(N)n[nH]2)cc1Cl. The zero-order valence-corrected chi connectivity index (χ0v) is 13.0. The summed E-state index contributed by atoms with van der Waals surface area (Å²) in [5.74, 6) is 1.18. The number of nitrogens with two attached hydrogens (primary N) is 1. The van der Waals surface area contributed by atoms with Gasteiger partial charge in [-0.2, -0.15) is 4.98 Å². The molecule has 0 atom stereocenters. The number of nitrogens with one attached hydrogen (secondary N) is 2. The van der Waals surface area contributed by atoms with E-state index < -0.39 is 0 Å². The van der Waals surface area contributed by atoms with Crippen LogP contribution >= 0.6 is 11.6 Å². The van der Waals surface area contributed by atoms with Gasteiger partial charge in [0.25, 0.3) is 5.91 Å². The second-order valence-corrected chi connectivity index (χ2v) is 5.05. The Labute approximate surface area is 133 Å². The molecule has 1 heterocycles. The predicted octanol–water partition coefficient (Wildman–Crippen LogP) is 1.80. The van der Waals surface area contributed by atoms with Crippen LogP contribution < -0.4 is 15.8 Å². The van der Waals surface area contributed by atoms with Gasteiger partial charge in [-0.15, -0.1) is 5.10 Å². The Kier molecular flexibility index (Phi) is 5.60. The van der Waals surface area contributed by atoms with E-state index in [1.807, 2.05) is 6.92 Å². The van der Waals surface area contributed by atoms with Gasteiger partial charge in [-0.25, -0.2) is 0 Å². The summed E-state index contributed by atoms with van der Waals surface area (Å²) in [5, 5.41) is 9.60. The molecule has 118 valence electrons. The Morgan fingerprint density at radius 1 is 1.50 bits per heavy atom. The molecule has 2 rings (SSSR count). The number of amides is 1. The second-order valence-electron chi connectivity index (χ2n) is 4.64. The quantitative estimate of drug-likeness (QED) is 0.720. The molecule has 8 heteroatoms. The van der Waals surface area contributed by atoms with Crippen LogP contribution in [0.4, 0.5) is 5.95 Å². The molecular formula is C14H18ClN5O2. The fraction of sp³-hybridized carbons (Fsp3) is 0.357. The number of halogens is 1. The molecule has 2 aromatic rings. The van der Waals surface area contributed by atoms with Crippen molar-refractivity contribution in [3.63, 3.8) is 0 Å². The number of nitrogen functional groups attached to an aromatic ring is 1. The Balaban J connectivity index is 1.88. The molecule has 0 saturated carbocycles. The smallest absolute Gasteiger partial charge is 0.251 e. The van der Waals surface area contributed by atoms with Gasteiger partial charge in [-0.1, -0.05) is 18.5 Å². The summed E-state index contributed by atoms with van der Waals surface area (Å²) < 4.78 is 5.47. The number of hydrogen-bond donors (Lipinski definition) is 3. The van der Waals surface area contributed by atoms with E-state index in [0.29, 0.717) is 41.7 Å². The van der Waals surface area contributed by atoms with Crippen LogP contribution in [0.5, 0.6) is 5.75 Å². The summed E-state index contributed by atoms with van der Waals surface area (Å²) in [4.78, 5) is 16.0. The molecule has 0 aliphatic heterocycles. The van der Waals surface area contributed by atoms with E-state index in [1.54, 1.807) is 18.2 Å². The molecule has 0 aliphatic rings. The predicted molar refractivity (Wildman–Crippen MR) is 84.1 cm³/mol. The third-order valence-corrected chi connectivity index (χ3v) is 3.15. The lowest BCUT2D eigenvalue weighted by Gasteiger charge is -2.09. The topological polar surface area (TPSA) is 106 Å². The zero-order chi connectivity index (χ0) is 15.9. The van der Waals surface area contributed by atoms with Gasteiger partial charge in [-0.05, 0) is 24.6 Å². The van der Waals surface area contributed by atoms with E-state index in [2.05, 4.69) is 20.5 Å². The Bertz CT molecular complexity index is 644. The minimum Gasteiger partial charge on any atom is -0.492 e. The lowest BCUT2D eigenvalue weighted by Crippen LogP contribution is -2.26. The Morgan fingerprint density at radius 3 is 2.95 bits per heavy atom. The highest BCUT2D eigenvalue weighted by molar-refractivity contribution is 6.32. The van der Waals surface area contributed by atoms with E-state index in [-0.39, 0.29) is 11.9 Å². The molecule has 0 radical (unpaired) electrons. The van der Waals surface area contributed by atoms with E-state index in [4.69, 9.17) is 22.1 Å². The molecule has 1 aromatic carbocycles. The van der Waals surface area contributed by atoms with Crippen molar-refractivity contribution in [1.29, 1.82) is 0 Å². The van der Waals surface area contributed by atoms with Crippen molar-refractivity contribution in [3.8, 4) is 5.75 Å². The number of H-pyrrole nitrogens is 1. The van der Waals surface area contributed by atoms with Crippen LogP contribution in [0.1, 0.15) is 29.5 Å². The fourth-order valence-electron chi connectivity index (χ4n) is 1.79. The zero-order valence-electron chi connectivity index (χ0n) is 12.2. The van der Waals surface area contributed by atoms with Gasteiger partial charge >= 0.3 is 0 Å². The largest absolute Gasteiger partial charge is 0.492 e. The highest BCUT2D eigenvalue weighted by atomic mass is 35.5. The lowest BCUT2D eigenvalue weighted by molar-refractivity contribution is 0.0954. The highest BCUT2D eigenvalue weighted by Crippen LogP contribution is 2.25. The summed E-state index contributed by atoms with van der Waals surface area (Å²) in [6.07, 6.45) is 1.41. The average Bonchev–Trinajstić information content (AvgIpc) is 2.91. The van der Waals surface area contributed by atoms with Gasteiger partial charge in [0.15, 0.2) is 0 Å². The average molecular weight is 324 g/mol. The van der Waals surface area contributed by atoms with Crippen molar-refractivity contribution in [2.24, 2.45) is 0 Å². The van der Waals surface area contributed by atoms with Crippen molar-refractivity contribution < 1.29 is 9.53 Å². The van der Waals surface area contributed by atoms with Crippen molar-refractivity contribution in [2.75, 3.05) is 18.9 Å². The summed E-state index contributed by atoms with van der Waals surface area (Å²) in [6, 6.07) is 4.97. The molecule has 0 bridgehead atoms. The van der Waals surface area contributed by atoms with Crippen LogP contribution in [0.15, 0.2) is 18.2 Å². The van der Waals surface area contributed by atoms with Gasteiger partial charge in [0, 0.05) is 18.5 Å². The minimum atomic E-state index is -0.212. The molecule has 0 saturated heterocycles. The highest BCUT2D eigenvalue weighted by Gasteiger charge is 2.09. The van der Waals surface area contributed by atoms with Gasteiger partial charge < -0.3 is 15.8 Å². The third-order valence-electron chi connectivity index (χ3n) is 2.85. The first-order valence-electron chi connectivity index (χ1n) is 6.97. The molecule has 0 spiro atoms. The second kappa shape index (κ2) is 7.65. The number of nitrogens with zero attached hydrogens (tertiary/aromatic N) is 2. The van der Waals surface area contributed by atoms with E-state index in [9.17, 15) is 4.79 Å². The van der Waals surface area contributed by atoms with Crippen molar-refractivity contribution in [2.45, 2.75) is 19.8 Å². The van der Waals surface area contributed by atoms with Crippen LogP contribution in [0.2, 0.25) is 5.02 Å². The summed E-state index contributed by atoms with van der Waals surface area (Å²) >= 11 is 6.10. The number of hydrogen-bond acceptors (Lipinski definition) is 5. The van der Waals surface area contributed by atoms with Gasteiger partial charge in [-0.3, -0.25) is 9.89 Å². The van der Waals surface area contributed by atoms with E-state index in [1.165, 1.54) is 0 Å². The number of carbonyl (C=O) groups is 1. The van der Waals surface area contributed by atoms with Crippen LogP contribution in [0.25, 0.3) is 0 Å². The maximum atomic E-state index is 12.0. The maximum absolute atomic E-state index is 12.0. The molecule has 0 fully saturated rings. The molecule has 0 aliphatic carbocycles. The normalized spacial score (nSPS) is 10.5. The molecule has 0 unspecified atom stereocenters. The number of carbonyl (C=O) groups excluding carboxylic acids is 1. The molecule has 22 heavy (non-hydrogen) atoms. The first kappa shape index (κ1) is 16.1. The summed E-state index contributed by atoms with van der Waals surface area (Å²) in [6.45, 7) is 3.02. The van der Waals surface area contributed by atoms with E-state index in [0.717, 1.165) is 6.42 Å². The molecule has 7 nitrogen and oxygen atoms in total. The van der Waals surface area contributed by atoms with Crippen LogP contribution in [-0.4, -0.2) is 34.2 Å². The number of ether oxygens (including phenoxy) is 1. The third kappa shape index (κ3) is 4.36. The molecule has 1 amide bonds.